The van der Waals surface area contributed by atoms with Crippen LogP contribution in [0, 0.1) is 0 Å². The van der Waals surface area contributed by atoms with Crippen molar-refractivity contribution in [3.63, 3.8) is 0 Å². The zero-order chi connectivity index (χ0) is 20.6. The molecule has 2 saturated heterocycles. The second kappa shape index (κ2) is 10.6. The van der Waals surface area contributed by atoms with E-state index in [9.17, 15) is 4.79 Å². The number of hydrogen-bond donors (Lipinski definition) is 2. The summed E-state index contributed by atoms with van der Waals surface area (Å²) in [6.07, 6.45) is 4.74. The van der Waals surface area contributed by atoms with Gasteiger partial charge in [-0.2, -0.15) is 0 Å². The fraction of sp³-hybridized carbons (Fsp3) is 0.636. The maximum Gasteiger partial charge on any atom is 0.243 e. The van der Waals surface area contributed by atoms with E-state index < -0.39 is 0 Å². The molecule has 2 heterocycles. The van der Waals surface area contributed by atoms with E-state index in [2.05, 4.69) is 50.9 Å². The third-order valence-electron chi connectivity index (χ3n) is 5.90. The van der Waals surface area contributed by atoms with Crippen molar-refractivity contribution in [3.8, 4) is 0 Å². The summed E-state index contributed by atoms with van der Waals surface area (Å²) in [5.74, 6) is 0.703. The number of carbonyl (C=O) groups excluding carboxylic acids is 1. The number of methoxy groups -OCH3 is 1. The molecule has 7 nitrogen and oxygen atoms in total. The van der Waals surface area contributed by atoms with Crippen LogP contribution in [0.2, 0.25) is 0 Å². The Bertz CT molecular complexity index is 665. The number of likely N-dealkylation sites (N-methyl/N-ethyl adjacent to an activating group) is 1. The van der Waals surface area contributed by atoms with Gasteiger partial charge in [-0.05, 0) is 31.2 Å². The van der Waals surface area contributed by atoms with E-state index in [1.54, 1.807) is 26.1 Å². The molecule has 29 heavy (non-hydrogen) atoms. The summed E-state index contributed by atoms with van der Waals surface area (Å²) in [7, 11) is 5.19. The van der Waals surface area contributed by atoms with Gasteiger partial charge in [-0.15, -0.1) is 0 Å². The smallest absolute Gasteiger partial charge is 0.243 e. The average molecular weight is 402 g/mol. The average Bonchev–Trinajstić information content (AvgIpc) is 2.95. The molecule has 0 radical (unpaired) electrons. The topological polar surface area (TPSA) is 69.2 Å². The molecule has 0 aromatic heterocycles. The highest BCUT2D eigenvalue weighted by atomic mass is 16.5. The number of ether oxygens (including phenoxy) is 1. The second-order valence-electron chi connectivity index (χ2n) is 8.23. The van der Waals surface area contributed by atoms with Gasteiger partial charge in [0.25, 0.3) is 0 Å². The van der Waals surface area contributed by atoms with Crippen LogP contribution >= 0.6 is 0 Å². The van der Waals surface area contributed by atoms with E-state index in [-0.39, 0.29) is 12.5 Å². The lowest BCUT2D eigenvalue weighted by atomic mass is 9.96. The number of guanidine groups is 1. The predicted octanol–water partition coefficient (Wildman–Crippen LogP) is 1.45. The van der Waals surface area contributed by atoms with Crippen molar-refractivity contribution in [2.45, 2.75) is 50.4 Å². The van der Waals surface area contributed by atoms with E-state index >= 15 is 0 Å². The fourth-order valence-corrected chi connectivity index (χ4v) is 4.35. The summed E-state index contributed by atoms with van der Waals surface area (Å²) in [6, 6.07) is 12.3. The van der Waals surface area contributed by atoms with Gasteiger partial charge in [-0.3, -0.25) is 9.69 Å². The van der Waals surface area contributed by atoms with Crippen LogP contribution in [-0.2, 0) is 16.1 Å². The summed E-state index contributed by atoms with van der Waals surface area (Å²) >= 11 is 0. The van der Waals surface area contributed by atoms with Crippen LogP contribution in [0.3, 0.4) is 0 Å². The predicted molar refractivity (Wildman–Crippen MR) is 116 cm³/mol. The van der Waals surface area contributed by atoms with Crippen LogP contribution < -0.4 is 10.6 Å². The highest BCUT2D eigenvalue weighted by Crippen LogP contribution is 2.36. The Morgan fingerprint density at radius 2 is 1.90 bits per heavy atom. The van der Waals surface area contributed by atoms with Crippen molar-refractivity contribution >= 4 is 11.9 Å². The molecular formula is C22H35N5O2. The molecular weight excluding hydrogens is 366 g/mol. The van der Waals surface area contributed by atoms with Crippen LogP contribution in [0.15, 0.2) is 35.3 Å². The molecule has 2 aliphatic heterocycles. The second-order valence-corrected chi connectivity index (χ2v) is 8.23. The summed E-state index contributed by atoms with van der Waals surface area (Å²) in [5, 5.41) is 6.87. The summed E-state index contributed by atoms with van der Waals surface area (Å²) < 4.78 is 5.13. The molecule has 2 atom stereocenters. The number of amides is 1. The third-order valence-corrected chi connectivity index (χ3v) is 5.90. The number of nitrogens with zero attached hydrogens (tertiary/aromatic N) is 3. The Kier molecular flexibility index (Phi) is 7.89. The van der Waals surface area contributed by atoms with Crippen LogP contribution in [0.5, 0.6) is 0 Å². The minimum atomic E-state index is -0.00408. The molecule has 2 N–H and O–H groups in total. The number of carbonyl (C=O) groups is 1. The minimum Gasteiger partial charge on any atom is -0.383 e. The van der Waals surface area contributed by atoms with Gasteiger partial charge in [0, 0.05) is 52.4 Å². The Morgan fingerprint density at radius 3 is 2.52 bits per heavy atom. The molecule has 3 rings (SSSR count). The van der Waals surface area contributed by atoms with Gasteiger partial charge < -0.3 is 20.3 Å². The van der Waals surface area contributed by atoms with E-state index in [0.717, 1.165) is 19.4 Å². The quantitative estimate of drug-likeness (QED) is 0.392. The van der Waals surface area contributed by atoms with E-state index in [1.165, 1.54) is 18.4 Å². The van der Waals surface area contributed by atoms with Crippen LogP contribution in [0.1, 0.15) is 31.2 Å². The highest BCUT2D eigenvalue weighted by Gasteiger charge is 2.40. The van der Waals surface area contributed by atoms with E-state index in [4.69, 9.17) is 4.74 Å². The molecule has 1 aromatic carbocycles. The van der Waals surface area contributed by atoms with Gasteiger partial charge >= 0.3 is 0 Å². The summed E-state index contributed by atoms with van der Waals surface area (Å²) in [6.45, 7) is 2.45. The van der Waals surface area contributed by atoms with Crippen molar-refractivity contribution in [3.05, 3.63) is 35.9 Å². The highest BCUT2D eigenvalue weighted by molar-refractivity contribution is 5.84. The van der Waals surface area contributed by atoms with Crippen LogP contribution in [0.4, 0.5) is 0 Å². The number of piperidine rings is 1. The van der Waals surface area contributed by atoms with Crippen molar-refractivity contribution in [2.24, 2.45) is 4.99 Å². The maximum atomic E-state index is 11.9. The van der Waals surface area contributed by atoms with Gasteiger partial charge in [0.05, 0.1) is 6.61 Å². The van der Waals surface area contributed by atoms with Gasteiger partial charge in [-0.25, -0.2) is 4.99 Å². The van der Waals surface area contributed by atoms with Gasteiger partial charge in [0.15, 0.2) is 5.96 Å². The number of fused-ring (bicyclic) bond motifs is 2. The Balaban J connectivity index is 1.58. The van der Waals surface area contributed by atoms with Crippen LogP contribution in [0.25, 0.3) is 0 Å². The number of nitrogens with one attached hydrogen (secondary N) is 2. The molecule has 1 amide bonds. The first-order valence-electron chi connectivity index (χ1n) is 10.6. The van der Waals surface area contributed by atoms with Gasteiger partial charge in [0.2, 0.25) is 5.91 Å². The normalized spacial score (nSPS) is 24.4. The van der Waals surface area contributed by atoms with Gasteiger partial charge in [-0.1, -0.05) is 30.3 Å². The monoisotopic (exact) mass is 401 g/mol. The molecule has 0 saturated carbocycles. The van der Waals surface area contributed by atoms with Crippen molar-refractivity contribution in [1.29, 1.82) is 0 Å². The lowest BCUT2D eigenvalue weighted by molar-refractivity contribution is -0.127. The zero-order valence-corrected chi connectivity index (χ0v) is 17.9. The summed E-state index contributed by atoms with van der Waals surface area (Å²) in [5.41, 5.74) is 1.39. The minimum absolute atomic E-state index is 0.00408. The molecule has 160 valence electrons. The molecule has 2 bridgehead atoms. The largest absolute Gasteiger partial charge is 0.383 e. The third kappa shape index (κ3) is 6.18. The SMILES string of the molecule is COCCNC(=NCC(=O)N(C)C)NC1CC2CCC(C1)N2Cc1ccccc1. The van der Waals surface area contributed by atoms with Crippen molar-refractivity contribution < 1.29 is 9.53 Å². The zero-order valence-electron chi connectivity index (χ0n) is 17.9. The lowest BCUT2D eigenvalue weighted by Gasteiger charge is -2.39. The Hall–Kier alpha value is -2.12. The van der Waals surface area contributed by atoms with Crippen molar-refractivity contribution in [2.75, 3.05) is 40.9 Å². The summed E-state index contributed by atoms with van der Waals surface area (Å²) in [4.78, 5) is 20.7. The first-order chi connectivity index (χ1) is 14.1. The maximum absolute atomic E-state index is 11.9. The number of aliphatic imine (C=N–C) groups is 1. The molecule has 7 heteroatoms. The molecule has 0 aliphatic carbocycles. The Morgan fingerprint density at radius 1 is 1.21 bits per heavy atom. The first kappa shape index (κ1) is 21.6. The molecule has 2 fully saturated rings. The van der Waals surface area contributed by atoms with Crippen LogP contribution in [-0.4, -0.2) is 80.7 Å². The molecule has 1 aromatic rings. The molecule has 0 spiro atoms. The number of benzene rings is 1. The Labute approximate surface area is 174 Å². The number of hydrogen-bond acceptors (Lipinski definition) is 4. The standard InChI is InChI=1S/C22H35N5O2/c1-26(2)21(28)15-24-22(23-11-12-29-3)25-18-13-19-9-10-20(14-18)27(19)16-17-7-5-4-6-8-17/h4-8,18-20H,9-16H2,1-3H3,(H2,23,24,25). The molecule has 2 unspecified atom stereocenters. The lowest BCUT2D eigenvalue weighted by Crippen LogP contribution is -2.52. The number of rotatable bonds is 8. The molecule has 2 aliphatic rings. The van der Waals surface area contributed by atoms with Gasteiger partial charge in [0.1, 0.15) is 6.54 Å². The first-order valence-corrected chi connectivity index (χ1v) is 10.6. The fourth-order valence-electron chi connectivity index (χ4n) is 4.35. The van der Waals surface area contributed by atoms with Crippen molar-refractivity contribution in [1.82, 2.24) is 20.4 Å². The van der Waals surface area contributed by atoms with E-state index in [1.807, 2.05) is 0 Å². The van der Waals surface area contributed by atoms with E-state index in [0.29, 0.717) is 37.2 Å².